The van der Waals surface area contributed by atoms with Crippen molar-refractivity contribution >= 4 is 6.08 Å². The highest BCUT2D eigenvalue weighted by Crippen LogP contribution is 2.35. The average molecular weight is 328 g/mol. The summed E-state index contributed by atoms with van der Waals surface area (Å²) in [5.74, 6) is 3.08. The van der Waals surface area contributed by atoms with Gasteiger partial charge in [-0.1, -0.05) is 23.8 Å². The molecule has 2 rings (SSSR count). The quantitative estimate of drug-likeness (QED) is 0.756. The van der Waals surface area contributed by atoms with E-state index in [2.05, 4.69) is 13.0 Å². The van der Waals surface area contributed by atoms with Crippen LogP contribution < -0.4 is 18.9 Å². The molecule has 4 nitrogen and oxygen atoms in total. The maximum absolute atomic E-state index is 5.51. The van der Waals surface area contributed by atoms with Crippen molar-refractivity contribution in [3.63, 3.8) is 0 Å². The smallest absolute Gasteiger partial charge is 0.129 e. The molecule has 2 aromatic carbocycles. The Morgan fingerprint density at radius 1 is 0.792 bits per heavy atom. The molecule has 0 radical (unpaired) electrons. The van der Waals surface area contributed by atoms with Gasteiger partial charge in [0, 0.05) is 24.1 Å². The summed E-state index contributed by atoms with van der Waals surface area (Å²) < 4.78 is 21.5. The molecule has 0 spiro atoms. The van der Waals surface area contributed by atoms with Crippen LogP contribution in [-0.4, -0.2) is 28.4 Å². The molecule has 0 N–H and O–H groups in total. The number of benzene rings is 2. The van der Waals surface area contributed by atoms with Crippen molar-refractivity contribution in [1.29, 1.82) is 0 Å². The lowest BCUT2D eigenvalue weighted by atomic mass is 10.0. The Balaban J connectivity index is 2.29. The summed E-state index contributed by atoms with van der Waals surface area (Å²) in [6.07, 6.45) is 2.87. The minimum atomic E-state index is 0.712. The first-order chi connectivity index (χ1) is 11.6. The van der Waals surface area contributed by atoms with E-state index in [1.807, 2.05) is 36.4 Å². The third kappa shape index (κ3) is 4.22. The zero-order valence-electron chi connectivity index (χ0n) is 14.9. The number of hydrogen-bond donors (Lipinski definition) is 0. The maximum atomic E-state index is 5.51. The molecular formula is C20H24O4. The van der Waals surface area contributed by atoms with Gasteiger partial charge < -0.3 is 18.9 Å². The van der Waals surface area contributed by atoms with Crippen molar-refractivity contribution in [2.45, 2.75) is 13.3 Å². The van der Waals surface area contributed by atoms with Crippen molar-refractivity contribution in [1.82, 2.24) is 0 Å². The summed E-state index contributed by atoms with van der Waals surface area (Å²) in [5.41, 5.74) is 3.32. The zero-order valence-corrected chi connectivity index (χ0v) is 14.9. The van der Waals surface area contributed by atoms with Gasteiger partial charge in [0.15, 0.2) is 0 Å². The van der Waals surface area contributed by atoms with Crippen LogP contribution in [-0.2, 0) is 6.42 Å². The molecule has 0 aromatic heterocycles. The van der Waals surface area contributed by atoms with E-state index in [4.69, 9.17) is 18.9 Å². The molecule has 4 heteroatoms. The minimum absolute atomic E-state index is 0.712. The van der Waals surface area contributed by atoms with Crippen LogP contribution in [0.15, 0.2) is 42.0 Å². The van der Waals surface area contributed by atoms with Crippen LogP contribution in [0.25, 0.3) is 6.08 Å². The monoisotopic (exact) mass is 328 g/mol. The van der Waals surface area contributed by atoms with E-state index in [-0.39, 0.29) is 0 Å². The van der Waals surface area contributed by atoms with Gasteiger partial charge in [-0.2, -0.15) is 0 Å². The molecule has 0 saturated heterocycles. The fraction of sp³-hybridized carbons (Fsp3) is 0.300. The van der Waals surface area contributed by atoms with Crippen LogP contribution in [0, 0.1) is 0 Å². The maximum Gasteiger partial charge on any atom is 0.129 e. The number of allylic oxidation sites excluding steroid dienone is 1. The number of rotatable bonds is 7. The van der Waals surface area contributed by atoms with Crippen LogP contribution in [0.3, 0.4) is 0 Å². The topological polar surface area (TPSA) is 36.9 Å². The summed E-state index contributed by atoms with van der Waals surface area (Å²) in [6.45, 7) is 2.09. The van der Waals surface area contributed by atoms with Crippen molar-refractivity contribution in [2.75, 3.05) is 28.4 Å². The summed E-state index contributed by atoms with van der Waals surface area (Å²) in [5, 5.41) is 0. The van der Waals surface area contributed by atoms with E-state index in [9.17, 15) is 0 Å². The summed E-state index contributed by atoms with van der Waals surface area (Å²) >= 11 is 0. The second-order valence-electron chi connectivity index (χ2n) is 5.45. The number of methoxy groups -OCH3 is 4. The third-order valence-corrected chi connectivity index (χ3v) is 3.80. The van der Waals surface area contributed by atoms with Crippen LogP contribution in [0.4, 0.5) is 0 Å². The first-order valence-electron chi connectivity index (χ1n) is 7.71. The van der Waals surface area contributed by atoms with Crippen LogP contribution in [0.5, 0.6) is 23.0 Å². The normalized spacial score (nSPS) is 11.1. The van der Waals surface area contributed by atoms with E-state index in [0.717, 1.165) is 34.8 Å². The molecule has 0 aliphatic rings. The predicted molar refractivity (Wildman–Crippen MR) is 96.4 cm³/mol. The molecule has 0 atom stereocenters. The predicted octanol–water partition coefficient (Wildman–Crippen LogP) is 4.37. The number of hydrogen-bond acceptors (Lipinski definition) is 4. The Bertz CT molecular complexity index is 677. The molecule has 0 bridgehead atoms. The Morgan fingerprint density at radius 3 is 1.79 bits per heavy atom. The summed E-state index contributed by atoms with van der Waals surface area (Å²) in [4.78, 5) is 0. The zero-order chi connectivity index (χ0) is 17.5. The van der Waals surface area contributed by atoms with E-state index in [0.29, 0.717) is 5.75 Å². The largest absolute Gasteiger partial charge is 0.497 e. The van der Waals surface area contributed by atoms with Gasteiger partial charge in [0.05, 0.1) is 28.4 Å². The lowest BCUT2D eigenvalue weighted by Crippen LogP contribution is -1.99. The summed E-state index contributed by atoms with van der Waals surface area (Å²) in [7, 11) is 6.60. The van der Waals surface area contributed by atoms with Gasteiger partial charge in [0.25, 0.3) is 0 Å². The van der Waals surface area contributed by atoms with Gasteiger partial charge in [0.1, 0.15) is 23.0 Å². The van der Waals surface area contributed by atoms with Gasteiger partial charge >= 0.3 is 0 Å². The van der Waals surface area contributed by atoms with Crippen molar-refractivity contribution in [2.24, 2.45) is 0 Å². The molecule has 2 aromatic rings. The lowest BCUT2D eigenvalue weighted by Gasteiger charge is -2.15. The van der Waals surface area contributed by atoms with Crippen molar-refractivity contribution in [3.8, 4) is 23.0 Å². The SMILES string of the molecule is COc1ccc(/C=C(\C)Cc2c(OC)cc(OC)cc2OC)cc1. The Hall–Kier alpha value is -2.62. The fourth-order valence-corrected chi connectivity index (χ4v) is 2.57. The van der Waals surface area contributed by atoms with Gasteiger partial charge in [-0.3, -0.25) is 0 Å². The molecule has 0 amide bonds. The van der Waals surface area contributed by atoms with Gasteiger partial charge in [-0.05, 0) is 24.6 Å². The van der Waals surface area contributed by atoms with E-state index in [1.165, 1.54) is 5.57 Å². The average Bonchev–Trinajstić information content (AvgIpc) is 2.62. The van der Waals surface area contributed by atoms with Crippen molar-refractivity contribution in [3.05, 3.63) is 53.1 Å². The van der Waals surface area contributed by atoms with Crippen molar-refractivity contribution < 1.29 is 18.9 Å². The Kier molecular flexibility index (Phi) is 6.13. The summed E-state index contributed by atoms with van der Waals surface area (Å²) in [6, 6.07) is 11.7. The molecular weight excluding hydrogens is 304 g/mol. The minimum Gasteiger partial charge on any atom is -0.497 e. The van der Waals surface area contributed by atoms with E-state index in [1.54, 1.807) is 28.4 Å². The second-order valence-corrected chi connectivity index (χ2v) is 5.45. The van der Waals surface area contributed by atoms with Crippen LogP contribution in [0.1, 0.15) is 18.1 Å². The lowest BCUT2D eigenvalue weighted by molar-refractivity contribution is 0.369. The van der Waals surface area contributed by atoms with E-state index < -0.39 is 0 Å². The van der Waals surface area contributed by atoms with Crippen LogP contribution >= 0.6 is 0 Å². The molecule has 0 heterocycles. The molecule has 0 saturated carbocycles. The standard InChI is InChI=1S/C20H24O4/c1-14(10-15-6-8-16(21-2)9-7-15)11-18-19(23-4)12-17(22-3)13-20(18)24-5/h6-10,12-13H,11H2,1-5H3/b14-10+. The fourth-order valence-electron chi connectivity index (χ4n) is 2.57. The molecule has 0 aliphatic heterocycles. The highest BCUT2D eigenvalue weighted by Gasteiger charge is 2.13. The third-order valence-electron chi connectivity index (χ3n) is 3.80. The first kappa shape index (κ1) is 17.7. The molecule has 0 unspecified atom stereocenters. The number of ether oxygens (including phenoxy) is 4. The molecule has 0 fully saturated rings. The molecule has 128 valence electrons. The molecule has 0 aliphatic carbocycles. The Morgan fingerprint density at radius 2 is 1.33 bits per heavy atom. The highest BCUT2D eigenvalue weighted by molar-refractivity contribution is 5.57. The second kappa shape index (κ2) is 8.29. The van der Waals surface area contributed by atoms with Gasteiger partial charge in [-0.25, -0.2) is 0 Å². The van der Waals surface area contributed by atoms with Gasteiger partial charge in [0.2, 0.25) is 0 Å². The van der Waals surface area contributed by atoms with E-state index >= 15 is 0 Å². The highest BCUT2D eigenvalue weighted by atomic mass is 16.5. The molecule has 24 heavy (non-hydrogen) atoms. The Labute approximate surface area is 143 Å². The first-order valence-corrected chi connectivity index (χ1v) is 7.71. The van der Waals surface area contributed by atoms with Gasteiger partial charge in [-0.15, -0.1) is 0 Å². The van der Waals surface area contributed by atoms with Crippen LogP contribution in [0.2, 0.25) is 0 Å².